The fourth-order valence-corrected chi connectivity index (χ4v) is 3.98. The summed E-state index contributed by atoms with van der Waals surface area (Å²) < 4.78 is 6.04. The summed E-state index contributed by atoms with van der Waals surface area (Å²) in [6.07, 6.45) is 5.40. The Kier molecular flexibility index (Phi) is 6.00. The summed E-state index contributed by atoms with van der Waals surface area (Å²) in [4.78, 5) is 14.5. The zero-order valence-corrected chi connectivity index (χ0v) is 15.5. The number of carbonyl (C=O) groups excluding carboxylic acids is 1. The van der Waals surface area contributed by atoms with Gasteiger partial charge >= 0.3 is 0 Å². The molecule has 1 saturated heterocycles. The molecule has 2 aliphatic rings. The number of aliphatic hydroxyl groups is 1. The van der Waals surface area contributed by atoms with Crippen LogP contribution < -0.4 is 4.74 Å². The predicted octanol–water partition coefficient (Wildman–Crippen LogP) is 3.73. The summed E-state index contributed by atoms with van der Waals surface area (Å²) >= 11 is 0. The maximum Gasteiger partial charge on any atom is 0.225 e. The van der Waals surface area contributed by atoms with Gasteiger partial charge in [-0.3, -0.25) is 4.79 Å². The number of β-amino-alcohol motifs (C(OH)–C–C–N with tert-alkyl or cyclic N) is 1. The van der Waals surface area contributed by atoms with Gasteiger partial charge in [0.2, 0.25) is 5.91 Å². The van der Waals surface area contributed by atoms with E-state index in [4.69, 9.17) is 4.74 Å². The third-order valence-electron chi connectivity index (χ3n) is 5.60. The quantitative estimate of drug-likeness (QED) is 0.904. The number of likely N-dealkylation sites (tertiary alicyclic amines) is 1. The average molecular weight is 345 g/mol. The van der Waals surface area contributed by atoms with Crippen LogP contribution in [-0.4, -0.2) is 41.2 Å². The molecule has 1 N–H and O–H groups in total. The molecule has 1 saturated carbocycles. The minimum absolute atomic E-state index is 0.168. The molecular weight excluding hydrogens is 314 g/mol. The number of amides is 1. The van der Waals surface area contributed by atoms with Crippen LogP contribution in [0.5, 0.6) is 5.75 Å². The first-order valence-corrected chi connectivity index (χ1v) is 9.78. The number of hydrogen-bond donors (Lipinski definition) is 1. The van der Waals surface area contributed by atoms with E-state index in [0.717, 1.165) is 31.4 Å². The summed E-state index contributed by atoms with van der Waals surface area (Å²) in [6, 6.07) is 8.09. The molecule has 0 aromatic heterocycles. The van der Waals surface area contributed by atoms with Gasteiger partial charge in [-0.25, -0.2) is 0 Å². The summed E-state index contributed by atoms with van der Waals surface area (Å²) in [6.45, 7) is 5.39. The van der Waals surface area contributed by atoms with E-state index in [2.05, 4.69) is 26.0 Å². The molecule has 4 nitrogen and oxygen atoms in total. The topological polar surface area (TPSA) is 49.8 Å². The van der Waals surface area contributed by atoms with Crippen LogP contribution in [0.25, 0.3) is 0 Å². The summed E-state index contributed by atoms with van der Waals surface area (Å²) in [5.74, 6) is 1.66. The lowest BCUT2D eigenvalue weighted by atomic mass is 9.87. The van der Waals surface area contributed by atoms with Gasteiger partial charge in [0.25, 0.3) is 0 Å². The van der Waals surface area contributed by atoms with Crippen LogP contribution in [0.4, 0.5) is 0 Å². The van der Waals surface area contributed by atoms with Crippen LogP contribution in [0.1, 0.15) is 63.9 Å². The highest BCUT2D eigenvalue weighted by Gasteiger charge is 2.34. The Balaban J connectivity index is 1.56. The zero-order chi connectivity index (χ0) is 17.8. The van der Waals surface area contributed by atoms with Gasteiger partial charge in [-0.05, 0) is 36.5 Å². The minimum Gasteiger partial charge on any atom is -0.488 e. The molecule has 1 aliphatic heterocycles. The van der Waals surface area contributed by atoms with Crippen molar-refractivity contribution in [1.82, 2.24) is 4.90 Å². The van der Waals surface area contributed by atoms with E-state index in [0.29, 0.717) is 25.4 Å². The minimum atomic E-state index is -0.621. The molecule has 138 valence electrons. The number of rotatable bonds is 4. The number of piperidine rings is 1. The van der Waals surface area contributed by atoms with Crippen molar-refractivity contribution in [2.24, 2.45) is 5.92 Å². The van der Waals surface area contributed by atoms with Gasteiger partial charge < -0.3 is 14.7 Å². The second kappa shape index (κ2) is 8.22. The second-order valence-corrected chi connectivity index (χ2v) is 7.86. The Bertz CT molecular complexity index is 580. The van der Waals surface area contributed by atoms with Crippen molar-refractivity contribution in [3.63, 3.8) is 0 Å². The maximum absolute atomic E-state index is 12.7. The first-order chi connectivity index (χ1) is 12.0. The Morgan fingerprint density at radius 3 is 2.64 bits per heavy atom. The molecule has 0 spiro atoms. The molecule has 1 aromatic carbocycles. The normalized spacial score (nSPS) is 25.2. The van der Waals surface area contributed by atoms with E-state index in [-0.39, 0.29) is 17.9 Å². The molecule has 0 unspecified atom stereocenters. The molecule has 2 atom stereocenters. The van der Waals surface area contributed by atoms with Crippen molar-refractivity contribution in [3.8, 4) is 5.75 Å². The van der Waals surface area contributed by atoms with Crippen LogP contribution in [0.15, 0.2) is 24.3 Å². The average Bonchev–Trinajstić information content (AvgIpc) is 2.64. The van der Waals surface area contributed by atoms with Gasteiger partial charge in [0, 0.05) is 18.9 Å². The summed E-state index contributed by atoms with van der Waals surface area (Å²) in [5, 5.41) is 10.5. The van der Waals surface area contributed by atoms with Gasteiger partial charge in [-0.1, -0.05) is 45.2 Å². The lowest BCUT2D eigenvalue weighted by molar-refractivity contribution is -0.142. The second-order valence-electron chi connectivity index (χ2n) is 7.86. The molecule has 1 aliphatic carbocycles. The van der Waals surface area contributed by atoms with Crippen LogP contribution in [0.3, 0.4) is 0 Å². The summed E-state index contributed by atoms with van der Waals surface area (Å²) in [5.41, 5.74) is 1.23. The molecule has 0 bridgehead atoms. The van der Waals surface area contributed by atoms with Crippen LogP contribution in [0, 0.1) is 5.92 Å². The number of carbonyl (C=O) groups is 1. The van der Waals surface area contributed by atoms with Crippen molar-refractivity contribution in [3.05, 3.63) is 29.8 Å². The highest BCUT2D eigenvalue weighted by atomic mass is 16.5. The first-order valence-electron chi connectivity index (χ1n) is 9.78. The highest BCUT2D eigenvalue weighted by Crippen LogP contribution is 2.28. The van der Waals surface area contributed by atoms with Gasteiger partial charge in [0.1, 0.15) is 18.0 Å². The lowest BCUT2D eigenvalue weighted by Gasteiger charge is -2.38. The van der Waals surface area contributed by atoms with E-state index in [1.807, 2.05) is 17.0 Å². The molecule has 25 heavy (non-hydrogen) atoms. The predicted molar refractivity (Wildman–Crippen MR) is 98.7 cm³/mol. The summed E-state index contributed by atoms with van der Waals surface area (Å²) in [7, 11) is 0. The number of hydrogen-bond acceptors (Lipinski definition) is 3. The molecule has 1 amide bonds. The van der Waals surface area contributed by atoms with Gasteiger partial charge in [-0.15, -0.1) is 0 Å². The Hall–Kier alpha value is -1.55. The van der Waals surface area contributed by atoms with E-state index in [1.165, 1.54) is 12.0 Å². The number of aliphatic hydroxyl groups excluding tert-OH is 1. The molecule has 1 heterocycles. The Morgan fingerprint density at radius 1 is 1.20 bits per heavy atom. The highest BCUT2D eigenvalue weighted by molar-refractivity contribution is 5.79. The Morgan fingerprint density at radius 2 is 1.96 bits per heavy atom. The van der Waals surface area contributed by atoms with Gasteiger partial charge in [-0.2, -0.15) is 0 Å². The fraction of sp³-hybridized carbons (Fsp3) is 0.667. The molecule has 1 aromatic rings. The molecule has 0 radical (unpaired) electrons. The zero-order valence-electron chi connectivity index (χ0n) is 15.5. The lowest BCUT2D eigenvalue weighted by Crippen LogP contribution is -2.52. The van der Waals surface area contributed by atoms with E-state index in [1.54, 1.807) is 0 Å². The monoisotopic (exact) mass is 345 g/mol. The van der Waals surface area contributed by atoms with Crippen LogP contribution >= 0.6 is 0 Å². The van der Waals surface area contributed by atoms with Gasteiger partial charge in [0.15, 0.2) is 0 Å². The van der Waals surface area contributed by atoms with E-state index in [9.17, 15) is 9.90 Å². The number of benzene rings is 1. The maximum atomic E-state index is 12.7. The van der Waals surface area contributed by atoms with Crippen molar-refractivity contribution >= 4 is 5.91 Å². The molecule has 2 fully saturated rings. The number of nitrogens with zero attached hydrogens (tertiary/aromatic N) is 1. The first kappa shape index (κ1) is 18.2. The fourth-order valence-electron chi connectivity index (χ4n) is 3.98. The molecular formula is C21H31NO3. The third kappa shape index (κ3) is 4.55. The van der Waals surface area contributed by atoms with E-state index >= 15 is 0 Å². The molecule has 3 rings (SSSR count). The van der Waals surface area contributed by atoms with Crippen molar-refractivity contribution in [2.75, 3.05) is 13.1 Å². The number of ether oxygens (including phenoxy) is 1. The molecule has 4 heteroatoms. The van der Waals surface area contributed by atoms with Crippen LogP contribution in [0.2, 0.25) is 0 Å². The third-order valence-corrected chi connectivity index (χ3v) is 5.60. The standard InChI is InChI=1S/C21H31NO3/c1-15(2)17-9-6-10-18(13-17)25-20-11-12-22(14-19(20)23)21(24)16-7-4-3-5-8-16/h6,9-10,13,15-16,19-20,23H,3-5,7-8,11-12,14H2,1-2H3/t19-,20-/m1/s1. The van der Waals surface area contributed by atoms with Gasteiger partial charge in [0.05, 0.1) is 6.54 Å². The Labute approximate surface area is 151 Å². The van der Waals surface area contributed by atoms with Crippen molar-refractivity contribution < 1.29 is 14.6 Å². The van der Waals surface area contributed by atoms with E-state index < -0.39 is 6.10 Å². The van der Waals surface area contributed by atoms with Crippen molar-refractivity contribution in [1.29, 1.82) is 0 Å². The largest absolute Gasteiger partial charge is 0.488 e. The van der Waals surface area contributed by atoms with Crippen molar-refractivity contribution in [2.45, 2.75) is 70.5 Å². The van der Waals surface area contributed by atoms with Crippen LogP contribution in [-0.2, 0) is 4.79 Å². The SMILES string of the molecule is CC(C)c1cccc(O[C@@H]2CCN(C(=O)C3CCCCC3)C[C@H]2O)c1. The smallest absolute Gasteiger partial charge is 0.225 e.